The van der Waals surface area contributed by atoms with Crippen LogP contribution in [0.3, 0.4) is 0 Å². The van der Waals surface area contributed by atoms with Crippen LogP contribution in [-0.2, 0) is 25.1 Å². The lowest BCUT2D eigenvalue weighted by Crippen LogP contribution is -2.31. The molecule has 1 heterocycles. The molecule has 0 saturated carbocycles. The van der Waals surface area contributed by atoms with E-state index in [0.29, 0.717) is 17.9 Å². The Morgan fingerprint density at radius 2 is 1.70 bits per heavy atom. The van der Waals surface area contributed by atoms with Crippen molar-refractivity contribution in [2.45, 2.75) is 71.6 Å². The number of nitrogens with one attached hydrogen (secondary N) is 1. The highest BCUT2D eigenvalue weighted by atomic mass is 16.6. The molecule has 1 amide bonds. The lowest BCUT2D eigenvalue weighted by molar-refractivity contribution is -0.141. The fourth-order valence-corrected chi connectivity index (χ4v) is 3.56. The van der Waals surface area contributed by atoms with Crippen molar-refractivity contribution in [3.8, 4) is 5.75 Å². The van der Waals surface area contributed by atoms with Gasteiger partial charge in [-0.05, 0) is 40.9 Å². The number of alkyl carbamates (subject to hydrolysis) is 1. The highest BCUT2D eigenvalue weighted by Gasteiger charge is 2.29. The molecule has 0 aliphatic heterocycles. The van der Waals surface area contributed by atoms with Gasteiger partial charge < -0.3 is 24.4 Å². The smallest absolute Gasteiger partial charge is 0.407 e. The Balaban J connectivity index is 2.28. The van der Waals surface area contributed by atoms with Gasteiger partial charge in [-0.15, -0.1) is 0 Å². The average Bonchev–Trinajstić information content (AvgIpc) is 3.23. The molecule has 2 rings (SSSR count). The maximum atomic E-state index is 12.0. The maximum Gasteiger partial charge on any atom is 0.407 e. The number of hydrogen-bond acceptors (Lipinski definition) is 7. The number of esters is 1. The standard InChI is InChI=1S/C25H36N2O6/c1-8-31-21(28)15-26-23(30)32-12-10-17(20-9-11-27-33-20)16-13-18(24(2,3)4)22(29)19(14-16)25(5,6)7/h9,11,13-14,17,29H,8,10,12,15H2,1-7H3,(H,26,30). The Morgan fingerprint density at radius 1 is 1.09 bits per heavy atom. The normalized spacial score (nSPS) is 12.8. The number of benzene rings is 1. The highest BCUT2D eigenvalue weighted by Crippen LogP contribution is 2.42. The summed E-state index contributed by atoms with van der Waals surface area (Å²) in [5.74, 6) is 0.163. The summed E-state index contributed by atoms with van der Waals surface area (Å²) in [7, 11) is 0. The van der Waals surface area contributed by atoms with Gasteiger partial charge >= 0.3 is 12.1 Å². The Morgan fingerprint density at radius 3 is 2.18 bits per heavy atom. The van der Waals surface area contributed by atoms with Crippen molar-refractivity contribution < 1.29 is 28.7 Å². The van der Waals surface area contributed by atoms with E-state index in [9.17, 15) is 14.7 Å². The van der Waals surface area contributed by atoms with Crippen LogP contribution in [-0.4, -0.2) is 42.1 Å². The summed E-state index contributed by atoms with van der Waals surface area (Å²) in [6, 6.07) is 5.75. The van der Waals surface area contributed by atoms with Gasteiger partial charge in [-0.2, -0.15) is 0 Å². The minimum absolute atomic E-state index is 0.0939. The van der Waals surface area contributed by atoms with Gasteiger partial charge in [-0.3, -0.25) is 4.79 Å². The topological polar surface area (TPSA) is 111 Å². The van der Waals surface area contributed by atoms with Crippen molar-refractivity contribution in [2.24, 2.45) is 0 Å². The van der Waals surface area contributed by atoms with E-state index in [2.05, 4.69) is 52.0 Å². The van der Waals surface area contributed by atoms with Gasteiger partial charge in [0.2, 0.25) is 0 Å². The second-order valence-electron chi connectivity index (χ2n) is 10.0. The quantitative estimate of drug-likeness (QED) is 0.545. The number of carbonyl (C=O) groups excluding carboxylic acids is 2. The zero-order chi connectivity index (χ0) is 24.8. The number of aromatic hydroxyl groups is 1. The Kier molecular flexibility index (Phi) is 8.52. The number of nitrogens with zero attached hydrogens (tertiary/aromatic N) is 1. The molecule has 0 fully saturated rings. The van der Waals surface area contributed by atoms with Gasteiger partial charge in [0.25, 0.3) is 0 Å². The predicted molar refractivity (Wildman–Crippen MR) is 124 cm³/mol. The van der Waals surface area contributed by atoms with Crippen LogP contribution in [0.25, 0.3) is 0 Å². The maximum absolute atomic E-state index is 12.0. The molecule has 1 aromatic heterocycles. The first-order valence-electron chi connectivity index (χ1n) is 11.2. The van der Waals surface area contributed by atoms with E-state index in [1.54, 1.807) is 19.2 Å². The van der Waals surface area contributed by atoms with Crippen LogP contribution in [0.4, 0.5) is 4.79 Å². The number of carbonyl (C=O) groups is 2. The van der Waals surface area contributed by atoms with E-state index in [-0.39, 0.29) is 36.5 Å². The summed E-state index contributed by atoms with van der Waals surface area (Å²) in [6.45, 7) is 14.1. The number of ether oxygens (including phenoxy) is 2. The van der Waals surface area contributed by atoms with E-state index >= 15 is 0 Å². The van der Waals surface area contributed by atoms with Crippen LogP contribution in [0.2, 0.25) is 0 Å². The molecule has 0 aliphatic carbocycles. The van der Waals surface area contributed by atoms with Crippen molar-refractivity contribution in [2.75, 3.05) is 19.8 Å². The van der Waals surface area contributed by atoms with Crippen molar-refractivity contribution in [1.29, 1.82) is 0 Å². The first-order chi connectivity index (χ1) is 15.3. The van der Waals surface area contributed by atoms with Gasteiger partial charge in [0, 0.05) is 12.0 Å². The summed E-state index contributed by atoms with van der Waals surface area (Å²) < 4.78 is 15.5. The average molecular weight is 461 g/mol. The van der Waals surface area contributed by atoms with Crippen molar-refractivity contribution in [3.05, 3.63) is 46.8 Å². The number of phenols is 1. The molecule has 2 aromatic rings. The molecule has 0 radical (unpaired) electrons. The second kappa shape index (κ2) is 10.7. The molecule has 0 saturated heterocycles. The zero-order valence-electron chi connectivity index (χ0n) is 20.7. The summed E-state index contributed by atoms with van der Waals surface area (Å²) in [5, 5.41) is 17.3. The van der Waals surface area contributed by atoms with E-state index < -0.39 is 12.1 Å². The molecule has 0 bridgehead atoms. The van der Waals surface area contributed by atoms with E-state index in [0.717, 1.165) is 16.7 Å². The molecule has 0 spiro atoms. The van der Waals surface area contributed by atoms with E-state index in [1.807, 2.05) is 12.1 Å². The van der Waals surface area contributed by atoms with Crippen LogP contribution < -0.4 is 5.32 Å². The third kappa shape index (κ3) is 7.23. The second-order valence-corrected chi connectivity index (χ2v) is 10.0. The van der Waals surface area contributed by atoms with Crippen LogP contribution >= 0.6 is 0 Å². The molecule has 2 N–H and O–H groups in total. The van der Waals surface area contributed by atoms with Gasteiger partial charge in [0.05, 0.1) is 19.4 Å². The van der Waals surface area contributed by atoms with Crippen LogP contribution in [0.5, 0.6) is 5.75 Å². The molecule has 182 valence electrons. The van der Waals surface area contributed by atoms with Gasteiger partial charge in [0.15, 0.2) is 0 Å². The first-order valence-corrected chi connectivity index (χ1v) is 11.2. The first kappa shape index (κ1) is 26.2. The lowest BCUT2D eigenvalue weighted by Gasteiger charge is -2.29. The fraction of sp³-hybridized carbons (Fsp3) is 0.560. The van der Waals surface area contributed by atoms with Gasteiger partial charge in [-0.25, -0.2) is 4.79 Å². The van der Waals surface area contributed by atoms with E-state index in [4.69, 9.17) is 14.0 Å². The number of aromatic nitrogens is 1. The minimum Gasteiger partial charge on any atom is -0.507 e. The van der Waals surface area contributed by atoms with Crippen LogP contribution in [0, 0.1) is 0 Å². The third-order valence-corrected chi connectivity index (χ3v) is 5.27. The summed E-state index contributed by atoms with van der Waals surface area (Å²) >= 11 is 0. The molecule has 8 nitrogen and oxygen atoms in total. The SMILES string of the molecule is CCOC(=O)CNC(=O)OCCC(c1cc(C(C)(C)C)c(O)c(C(C)(C)C)c1)c1ccno1. The largest absolute Gasteiger partial charge is 0.507 e. The molecule has 33 heavy (non-hydrogen) atoms. The minimum atomic E-state index is -0.698. The predicted octanol–water partition coefficient (Wildman–Crippen LogP) is 4.79. The molecular weight excluding hydrogens is 424 g/mol. The third-order valence-electron chi connectivity index (χ3n) is 5.27. The molecule has 0 aliphatic rings. The molecule has 1 aromatic carbocycles. The number of rotatable bonds is 8. The highest BCUT2D eigenvalue weighted by molar-refractivity contribution is 5.77. The Hall–Kier alpha value is -3.03. The van der Waals surface area contributed by atoms with Crippen molar-refractivity contribution in [1.82, 2.24) is 10.5 Å². The monoisotopic (exact) mass is 460 g/mol. The number of hydrogen-bond donors (Lipinski definition) is 2. The number of phenolic OH excluding ortho intramolecular Hbond substituents is 1. The Bertz CT molecular complexity index is 904. The Labute approximate surface area is 195 Å². The van der Waals surface area contributed by atoms with Crippen molar-refractivity contribution in [3.63, 3.8) is 0 Å². The summed E-state index contributed by atoms with van der Waals surface area (Å²) in [6.07, 6.45) is 1.31. The van der Waals surface area contributed by atoms with Crippen LogP contribution in [0.1, 0.15) is 83.3 Å². The van der Waals surface area contributed by atoms with Gasteiger partial charge in [-0.1, -0.05) is 58.8 Å². The number of amides is 1. The lowest BCUT2D eigenvalue weighted by atomic mass is 9.76. The fourth-order valence-electron chi connectivity index (χ4n) is 3.56. The molecule has 1 atom stereocenters. The molecular formula is C25H36N2O6. The molecule has 8 heteroatoms. The summed E-state index contributed by atoms with van der Waals surface area (Å²) in [4.78, 5) is 23.4. The van der Waals surface area contributed by atoms with Crippen molar-refractivity contribution >= 4 is 12.1 Å². The van der Waals surface area contributed by atoms with Crippen LogP contribution in [0.15, 0.2) is 28.9 Å². The zero-order valence-corrected chi connectivity index (χ0v) is 20.7. The molecule has 1 unspecified atom stereocenters. The summed E-state index contributed by atoms with van der Waals surface area (Å²) in [5.41, 5.74) is 2.05. The van der Waals surface area contributed by atoms with Gasteiger partial charge in [0.1, 0.15) is 18.1 Å². The van der Waals surface area contributed by atoms with E-state index in [1.165, 1.54) is 0 Å².